The van der Waals surface area contributed by atoms with Gasteiger partial charge in [-0.2, -0.15) is 0 Å². The lowest BCUT2D eigenvalue weighted by Gasteiger charge is -2.10. The minimum atomic E-state index is -0.308. The van der Waals surface area contributed by atoms with Crippen LogP contribution in [0.3, 0.4) is 0 Å². The number of benzene rings is 2. The summed E-state index contributed by atoms with van der Waals surface area (Å²) in [6.07, 6.45) is 0. The largest absolute Gasteiger partial charge is 0.496 e. The Morgan fingerprint density at radius 2 is 1.95 bits per heavy atom. The molecule has 0 saturated heterocycles. The van der Waals surface area contributed by atoms with Crippen molar-refractivity contribution < 1.29 is 13.9 Å². The van der Waals surface area contributed by atoms with Crippen LogP contribution in [-0.2, 0) is 6.54 Å². The van der Waals surface area contributed by atoms with Gasteiger partial charge in [0, 0.05) is 12.2 Å². The van der Waals surface area contributed by atoms with Gasteiger partial charge in [0.05, 0.1) is 12.7 Å². The van der Waals surface area contributed by atoms with Gasteiger partial charge in [0.1, 0.15) is 11.6 Å². The molecule has 2 aromatic carbocycles. The van der Waals surface area contributed by atoms with Gasteiger partial charge in [0.25, 0.3) is 5.91 Å². The maximum Gasteiger partial charge on any atom is 0.255 e. The molecule has 4 nitrogen and oxygen atoms in total. The molecule has 0 fully saturated rings. The SMILES string of the molecule is COc1ccc(N)cc1C(=O)NCc1ccc(F)cc1. The molecule has 0 atom stereocenters. The van der Waals surface area contributed by atoms with Crippen LogP contribution in [0.4, 0.5) is 10.1 Å². The second-order valence-electron chi connectivity index (χ2n) is 4.27. The Balaban J connectivity index is 2.08. The number of methoxy groups -OCH3 is 1. The van der Waals surface area contributed by atoms with E-state index in [-0.39, 0.29) is 11.7 Å². The molecule has 0 unspecified atom stereocenters. The highest BCUT2D eigenvalue weighted by atomic mass is 19.1. The first-order chi connectivity index (χ1) is 9.60. The maximum absolute atomic E-state index is 12.8. The van der Waals surface area contributed by atoms with Crippen LogP contribution in [0.15, 0.2) is 42.5 Å². The lowest BCUT2D eigenvalue weighted by Crippen LogP contribution is -2.23. The monoisotopic (exact) mass is 274 g/mol. The van der Waals surface area contributed by atoms with Gasteiger partial charge in [0.2, 0.25) is 0 Å². The van der Waals surface area contributed by atoms with E-state index < -0.39 is 0 Å². The van der Waals surface area contributed by atoms with Crippen molar-refractivity contribution in [3.05, 3.63) is 59.4 Å². The summed E-state index contributed by atoms with van der Waals surface area (Å²) in [6, 6.07) is 10.8. The van der Waals surface area contributed by atoms with Crippen LogP contribution in [0.2, 0.25) is 0 Å². The molecule has 0 aliphatic heterocycles. The number of nitrogens with two attached hydrogens (primary N) is 1. The number of carbonyl (C=O) groups is 1. The third kappa shape index (κ3) is 3.26. The zero-order chi connectivity index (χ0) is 14.5. The van der Waals surface area contributed by atoms with E-state index in [1.807, 2.05) is 0 Å². The normalized spacial score (nSPS) is 10.1. The summed E-state index contributed by atoms with van der Waals surface area (Å²) in [4.78, 5) is 12.1. The Morgan fingerprint density at radius 3 is 2.60 bits per heavy atom. The molecular formula is C15H15FN2O2. The van der Waals surface area contributed by atoms with Gasteiger partial charge in [-0.1, -0.05) is 12.1 Å². The van der Waals surface area contributed by atoms with Crippen molar-refractivity contribution in [1.29, 1.82) is 0 Å². The molecule has 1 amide bonds. The zero-order valence-electron chi connectivity index (χ0n) is 11.0. The van der Waals surface area contributed by atoms with Crippen LogP contribution in [-0.4, -0.2) is 13.0 Å². The first-order valence-electron chi connectivity index (χ1n) is 6.06. The number of amides is 1. The first kappa shape index (κ1) is 13.9. The van der Waals surface area contributed by atoms with E-state index in [1.54, 1.807) is 30.3 Å². The number of anilines is 1. The van der Waals surface area contributed by atoms with Crippen LogP contribution in [0.1, 0.15) is 15.9 Å². The lowest BCUT2D eigenvalue weighted by molar-refractivity contribution is 0.0948. The van der Waals surface area contributed by atoms with E-state index in [4.69, 9.17) is 10.5 Å². The topological polar surface area (TPSA) is 64.3 Å². The van der Waals surface area contributed by atoms with Crippen molar-refractivity contribution in [2.45, 2.75) is 6.54 Å². The minimum absolute atomic E-state index is 0.293. The van der Waals surface area contributed by atoms with Gasteiger partial charge in [-0.25, -0.2) is 4.39 Å². The van der Waals surface area contributed by atoms with E-state index in [0.717, 1.165) is 5.56 Å². The van der Waals surface area contributed by atoms with Crippen molar-refractivity contribution in [2.24, 2.45) is 0 Å². The lowest BCUT2D eigenvalue weighted by atomic mass is 10.1. The average molecular weight is 274 g/mol. The fourth-order valence-electron chi connectivity index (χ4n) is 1.78. The molecule has 0 spiro atoms. The maximum atomic E-state index is 12.8. The minimum Gasteiger partial charge on any atom is -0.496 e. The summed E-state index contributed by atoms with van der Waals surface area (Å²) in [5.74, 6) is -0.146. The Labute approximate surface area is 116 Å². The molecule has 20 heavy (non-hydrogen) atoms. The highest BCUT2D eigenvalue weighted by Crippen LogP contribution is 2.20. The number of nitrogens with one attached hydrogen (secondary N) is 1. The fraction of sp³-hybridized carbons (Fsp3) is 0.133. The van der Waals surface area contributed by atoms with Crippen LogP contribution in [0, 0.1) is 5.82 Å². The summed E-state index contributed by atoms with van der Waals surface area (Å²) < 4.78 is 17.9. The third-order valence-electron chi connectivity index (χ3n) is 2.83. The van der Waals surface area contributed by atoms with Crippen molar-refractivity contribution >= 4 is 11.6 Å². The molecular weight excluding hydrogens is 259 g/mol. The number of ether oxygens (including phenoxy) is 1. The Morgan fingerprint density at radius 1 is 1.25 bits per heavy atom. The standard InChI is InChI=1S/C15H15FN2O2/c1-20-14-7-6-12(17)8-13(14)15(19)18-9-10-2-4-11(16)5-3-10/h2-8H,9,17H2,1H3,(H,18,19). The van der Waals surface area contributed by atoms with Crippen LogP contribution < -0.4 is 15.8 Å². The van der Waals surface area contributed by atoms with Gasteiger partial charge in [0.15, 0.2) is 0 Å². The fourth-order valence-corrected chi connectivity index (χ4v) is 1.78. The van der Waals surface area contributed by atoms with E-state index in [2.05, 4.69) is 5.32 Å². The average Bonchev–Trinajstić information content (AvgIpc) is 2.46. The quantitative estimate of drug-likeness (QED) is 0.841. The van der Waals surface area contributed by atoms with E-state index in [1.165, 1.54) is 19.2 Å². The predicted molar refractivity (Wildman–Crippen MR) is 75.0 cm³/mol. The molecule has 0 aliphatic carbocycles. The van der Waals surface area contributed by atoms with Crippen LogP contribution >= 0.6 is 0 Å². The third-order valence-corrected chi connectivity index (χ3v) is 2.83. The van der Waals surface area contributed by atoms with Crippen molar-refractivity contribution in [2.75, 3.05) is 12.8 Å². The summed E-state index contributed by atoms with van der Waals surface area (Å²) in [5.41, 5.74) is 7.33. The smallest absolute Gasteiger partial charge is 0.255 e. The highest BCUT2D eigenvalue weighted by Gasteiger charge is 2.12. The molecule has 5 heteroatoms. The van der Waals surface area contributed by atoms with Crippen molar-refractivity contribution in [3.8, 4) is 5.75 Å². The Hall–Kier alpha value is -2.56. The molecule has 0 saturated carbocycles. The van der Waals surface area contributed by atoms with Crippen molar-refractivity contribution in [1.82, 2.24) is 5.32 Å². The van der Waals surface area contributed by atoms with Gasteiger partial charge in [-0.3, -0.25) is 4.79 Å². The molecule has 104 valence electrons. The molecule has 3 N–H and O–H groups in total. The summed E-state index contributed by atoms with van der Waals surface area (Å²) in [5, 5.41) is 2.74. The molecule has 0 heterocycles. The summed E-state index contributed by atoms with van der Waals surface area (Å²) in [7, 11) is 1.49. The van der Waals surface area contributed by atoms with E-state index >= 15 is 0 Å². The van der Waals surface area contributed by atoms with Crippen LogP contribution in [0.25, 0.3) is 0 Å². The number of carbonyl (C=O) groups excluding carboxylic acids is 1. The number of hydrogen-bond donors (Lipinski definition) is 2. The number of halogens is 1. The second-order valence-corrected chi connectivity index (χ2v) is 4.27. The molecule has 0 aromatic heterocycles. The number of nitrogen functional groups attached to an aromatic ring is 1. The van der Waals surface area contributed by atoms with Crippen molar-refractivity contribution in [3.63, 3.8) is 0 Å². The number of hydrogen-bond acceptors (Lipinski definition) is 3. The molecule has 0 radical (unpaired) electrons. The van der Waals surface area contributed by atoms with Gasteiger partial charge >= 0.3 is 0 Å². The predicted octanol–water partition coefficient (Wildman–Crippen LogP) is 2.35. The summed E-state index contributed by atoms with van der Waals surface area (Å²) >= 11 is 0. The highest BCUT2D eigenvalue weighted by molar-refractivity contribution is 5.97. The van der Waals surface area contributed by atoms with E-state index in [9.17, 15) is 9.18 Å². The van der Waals surface area contributed by atoms with E-state index in [0.29, 0.717) is 23.5 Å². The van der Waals surface area contributed by atoms with Gasteiger partial charge in [-0.15, -0.1) is 0 Å². The Bertz CT molecular complexity index is 612. The number of rotatable bonds is 4. The molecule has 0 bridgehead atoms. The molecule has 0 aliphatic rings. The Kier molecular flexibility index (Phi) is 4.20. The second kappa shape index (κ2) is 6.06. The zero-order valence-corrected chi connectivity index (χ0v) is 11.0. The summed E-state index contributed by atoms with van der Waals surface area (Å²) in [6.45, 7) is 0.303. The van der Waals surface area contributed by atoms with Gasteiger partial charge < -0.3 is 15.8 Å². The first-order valence-corrected chi connectivity index (χ1v) is 6.06. The molecule has 2 aromatic rings. The molecule has 2 rings (SSSR count). The van der Waals surface area contributed by atoms with Crippen LogP contribution in [0.5, 0.6) is 5.75 Å². The van der Waals surface area contributed by atoms with Gasteiger partial charge in [-0.05, 0) is 35.9 Å².